The second-order valence-electron chi connectivity index (χ2n) is 6.58. The van der Waals surface area contributed by atoms with E-state index in [1.54, 1.807) is 6.92 Å². The van der Waals surface area contributed by atoms with Crippen molar-refractivity contribution < 1.29 is 4.79 Å². The summed E-state index contributed by atoms with van der Waals surface area (Å²) >= 11 is 0. The molecular formula is C23H20O. The molecule has 0 radical (unpaired) electrons. The van der Waals surface area contributed by atoms with Crippen LogP contribution in [0.25, 0.3) is 0 Å². The van der Waals surface area contributed by atoms with Crippen LogP contribution in [0.4, 0.5) is 0 Å². The van der Waals surface area contributed by atoms with E-state index in [1.165, 1.54) is 16.7 Å². The van der Waals surface area contributed by atoms with Gasteiger partial charge in [0.2, 0.25) is 0 Å². The van der Waals surface area contributed by atoms with E-state index in [4.69, 9.17) is 0 Å². The van der Waals surface area contributed by atoms with Gasteiger partial charge >= 0.3 is 0 Å². The van der Waals surface area contributed by atoms with Crippen molar-refractivity contribution in [3.05, 3.63) is 108 Å². The van der Waals surface area contributed by atoms with Crippen LogP contribution in [0.5, 0.6) is 0 Å². The second kappa shape index (κ2) is 5.76. The number of Topliss-reactive ketones (excluding diaryl/α,β-unsaturated/α-hetero) is 1. The Kier molecular flexibility index (Phi) is 3.57. The van der Waals surface area contributed by atoms with E-state index in [9.17, 15) is 4.79 Å². The van der Waals surface area contributed by atoms with E-state index in [1.807, 2.05) is 18.2 Å². The van der Waals surface area contributed by atoms with Crippen molar-refractivity contribution in [1.82, 2.24) is 0 Å². The summed E-state index contributed by atoms with van der Waals surface area (Å²) in [7, 11) is 0. The SMILES string of the molecule is CC(=O)[C@H]1[C@H](c2ccccc2)C1(c1ccccc1)c1ccccc1. The highest BCUT2D eigenvalue weighted by atomic mass is 16.1. The molecule has 0 unspecified atom stereocenters. The lowest BCUT2D eigenvalue weighted by Crippen LogP contribution is -2.16. The molecule has 1 aliphatic rings. The Balaban J connectivity index is 1.95. The molecule has 1 aliphatic carbocycles. The van der Waals surface area contributed by atoms with E-state index in [0.29, 0.717) is 0 Å². The summed E-state index contributed by atoms with van der Waals surface area (Å²) in [5, 5.41) is 0. The molecule has 3 aromatic rings. The van der Waals surface area contributed by atoms with Crippen LogP contribution in [0.3, 0.4) is 0 Å². The molecule has 2 atom stereocenters. The van der Waals surface area contributed by atoms with Crippen LogP contribution in [0, 0.1) is 5.92 Å². The molecule has 0 amide bonds. The van der Waals surface area contributed by atoms with Crippen LogP contribution in [0.1, 0.15) is 29.5 Å². The van der Waals surface area contributed by atoms with E-state index >= 15 is 0 Å². The molecule has 1 saturated carbocycles. The number of carbonyl (C=O) groups is 1. The van der Waals surface area contributed by atoms with Crippen molar-refractivity contribution >= 4 is 5.78 Å². The maximum atomic E-state index is 12.6. The molecule has 0 bridgehead atoms. The predicted octanol–water partition coefficient (Wildman–Crippen LogP) is 4.98. The molecule has 3 aromatic carbocycles. The third kappa shape index (κ3) is 2.12. The number of rotatable bonds is 4. The largest absolute Gasteiger partial charge is 0.300 e. The first-order valence-electron chi connectivity index (χ1n) is 8.42. The van der Waals surface area contributed by atoms with Crippen molar-refractivity contribution in [1.29, 1.82) is 0 Å². The Morgan fingerprint density at radius 3 is 1.54 bits per heavy atom. The highest BCUT2D eigenvalue weighted by Gasteiger charge is 2.68. The van der Waals surface area contributed by atoms with E-state index in [2.05, 4.69) is 72.8 Å². The summed E-state index contributed by atoms with van der Waals surface area (Å²) in [6, 6.07) is 31.4. The molecule has 1 nitrogen and oxygen atoms in total. The van der Waals surface area contributed by atoms with Crippen LogP contribution in [-0.4, -0.2) is 5.78 Å². The van der Waals surface area contributed by atoms with Crippen molar-refractivity contribution in [3.63, 3.8) is 0 Å². The average molecular weight is 312 g/mol. The molecule has 118 valence electrons. The Hall–Kier alpha value is -2.67. The van der Waals surface area contributed by atoms with Crippen LogP contribution in [-0.2, 0) is 10.2 Å². The lowest BCUT2D eigenvalue weighted by molar-refractivity contribution is -0.118. The number of benzene rings is 3. The van der Waals surface area contributed by atoms with E-state index in [-0.39, 0.29) is 23.0 Å². The molecular weight excluding hydrogens is 292 g/mol. The van der Waals surface area contributed by atoms with Crippen LogP contribution < -0.4 is 0 Å². The normalized spacial score (nSPS) is 21.2. The standard InChI is InChI=1S/C23H20O/c1-17(24)21-22(18-11-5-2-6-12-18)23(21,19-13-7-3-8-14-19)20-15-9-4-10-16-20/h2-16,21-22H,1H3/t21-,22-/m0/s1. The zero-order valence-corrected chi connectivity index (χ0v) is 13.7. The van der Waals surface area contributed by atoms with Crippen LogP contribution in [0.15, 0.2) is 91.0 Å². The third-order valence-corrected chi connectivity index (χ3v) is 5.30. The highest BCUT2D eigenvalue weighted by molar-refractivity contribution is 5.88. The van der Waals surface area contributed by atoms with Crippen LogP contribution >= 0.6 is 0 Å². The van der Waals surface area contributed by atoms with Crippen molar-refractivity contribution in [2.75, 3.05) is 0 Å². The minimum absolute atomic E-state index is 0.00954. The van der Waals surface area contributed by atoms with E-state index < -0.39 is 0 Å². The first kappa shape index (κ1) is 14.9. The maximum absolute atomic E-state index is 12.6. The molecule has 1 heteroatoms. The fourth-order valence-corrected chi connectivity index (χ4v) is 4.37. The summed E-state index contributed by atoms with van der Waals surface area (Å²) in [6.07, 6.45) is 0. The Morgan fingerprint density at radius 2 is 1.12 bits per heavy atom. The van der Waals surface area contributed by atoms with Gasteiger partial charge in [0.15, 0.2) is 0 Å². The van der Waals surface area contributed by atoms with Crippen molar-refractivity contribution in [2.24, 2.45) is 5.92 Å². The van der Waals surface area contributed by atoms with Gasteiger partial charge in [-0.05, 0) is 23.6 Å². The van der Waals surface area contributed by atoms with Gasteiger partial charge in [0.25, 0.3) is 0 Å². The summed E-state index contributed by atoms with van der Waals surface area (Å²) in [4.78, 5) is 12.6. The Labute approximate surface area is 143 Å². The summed E-state index contributed by atoms with van der Waals surface area (Å²) in [6.45, 7) is 1.73. The summed E-state index contributed by atoms with van der Waals surface area (Å²) in [5.41, 5.74) is 3.44. The van der Waals surface area contributed by atoms with Crippen LogP contribution in [0.2, 0.25) is 0 Å². The quantitative estimate of drug-likeness (QED) is 0.664. The van der Waals surface area contributed by atoms with Gasteiger partial charge in [0.05, 0.1) is 0 Å². The molecule has 24 heavy (non-hydrogen) atoms. The second-order valence-corrected chi connectivity index (χ2v) is 6.58. The zero-order valence-electron chi connectivity index (χ0n) is 13.7. The Bertz CT molecular complexity index is 797. The zero-order chi connectivity index (χ0) is 16.6. The number of ketones is 1. The lowest BCUT2D eigenvalue weighted by Gasteiger charge is -2.20. The summed E-state index contributed by atoms with van der Waals surface area (Å²) < 4.78 is 0. The Morgan fingerprint density at radius 1 is 0.708 bits per heavy atom. The van der Waals surface area contributed by atoms with Gasteiger partial charge in [-0.1, -0.05) is 91.0 Å². The molecule has 0 heterocycles. The lowest BCUT2D eigenvalue weighted by atomic mass is 9.83. The monoisotopic (exact) mass is 312 g/mol. The first-order chi connectivity index (χ1) is 11.8. The summed E-state index contributed by atoms with van der Waals surface area (Å²) in [5.74, 6) is 0.447. The van der Waals surface area contributed by atoms with E-state index in [0.717, 1.165) is 0 Å². The topological polar surface area (TPSA) is 17.1 Å². The fourth-order valence-electron chi connectivity index (χ4n) is 4.37. The van der Waals surface area contributed by atoms with Gasteiger partial charge in [-0.25, -0.2) is 0 Å². The fraction of sp³-hybridized carbons (Fsp3) is 0.174. The molecule has 0 saturated heterocycles. The van der Waals surface area contributed by atoms with Crippen molar-refractivity contribution in [3.8, 4) is 0 Å². The molecule has 0 spiro atoms. The highest BCUT2D eigenvalue weighted by Crippen LogP contribution is 2.69. The van der Waals surface area contributed by atoms with Gasteiger partial charge < -0.3 is 0 Å². The third-order valence-electron chi connectivity index (χ3n) is 5.30. The maximum Gasteiger partial charge on any atom is 0.134 e. The van der Waals surface area contributed by atoms with Gasteiger partial charge in [-0.15, -0.1) is 0 Å². The molecule has 0 N–H and O–H groups in total. The van der Waals surface area contributed by atoms with Gasteiger partial charge in [0, 0.05) is 17.3 Å². The average Bonchev–Trinajstić information content (AvgIpc) is 3.36. The van der Waals surface area contributed by atoms with Gasteiger partial charge in [0.1, 0.15) is 5.78 Å². The number of hydrogen-bond donors (Lipinski definition) is 0. The minimum atomic E-state index is -0.254. The molecule has 1 fully saturated rings. The smallest absolute Gasteiger partial charge is 0.134 e. The molecule has 0 aromatic heterocycles. The molecule has 4 rings (SSSR count). The van der Waals surface area contributed by atoms with Crippen molar-refractivity contribution in [2.45, 2.75) is 18.3 Å². The minimum Gasteiger partial charge on any atom is -0.300 e. The van der Waals surface area contributed by atoms with Gasteiger partial charge in [-0.2, -0.15) is 0 Å². The number of carbonyl (C=O) groups excluding carboxylic acids is 1. The van der Waals surface area contributed by atoms with Gasteiger partial charge in [-0.3, -0.25) is 4.79 Å². The predicted molar refractivity (Wildman–Crippen MR) is 97.0 cm³/mol. The first-order valence-corrected chi connectivity index (χ1v) is 8.42. The molecule has 0 aliphatic heterocycles. The number of hydrogen-bond acceptors (Lipinski definition) is 1.